The summed E-state index contributed by atoms with van der Waals surface area (Å²) in [5, 5.41) is 0. The fourth-order valence-corrected chi connectivity index (χ4v) is 1.96. The van der Waals surface area contributed by atoms with Gasteiger partial charge in [-0.2, -0.15) is 0 Å². The molecule has 0 aliphatic carbocycles. The number of anilines is 2. The normalized spacial score (nSPS) is 10.5. The van der Waals surface area contributed by atoms with Gasteiger partial charge < -0.3 is 10.6 Å². The topological polar surface area (TPSA) is 55.0 Å². The first-order valence-electron chi connectivity index (χ1n) is 6.49. The molecule has 19 heavy (non-hydrogen) atoms. The Labute approximate surface area is 114 Å². The number of aryl methyl sites for hydroxylation is 2. The largest absolute Gasteiger partial charge is 0.397 e. The molecule has 2 rings (SSSR count). The second-order valence-electron chi connectivity index (χ2n) is 4.68. The van der Waals surface area contributed by atoms with Crippen LogP contribution in [0.4, 0.5) is 11.5 Å². The summed E-state index contributed by atoms with van der Waals surface area (Å²) in [6.07, 6.45) is 1.72. The predicted molar refractivity (Wildman–Crippen MR) is 79.1 cm³/mol. The van der Waals surface area contributed by atoms with Crippen molar-refractivity contribution in [2.75, 3.05) is 17.2 Å². The molecule has 0 aliphatic rings. The molecule has 0 saturated carbocycles. The highest BCUT2D eigenvalue weighted by Gasteiger charge is 2.08. The zero-order valence-corrected chi connectivity index (χ0v) is 11.7. The van der Waals surface area contributed by atoms with Crippen molar-refractivity contribution in [3.8, 4) is 0 Å². The fraction of sp³-hybridized carbons (Fsp3) is 0.333. The van der Waals surface area contributed by atoms with Gasteiger partial charge in [-0.05, 0) is 44.5 Å². The molecule has 0 atom stereocenters. The van der Waals surface area contributed by atoms with Gasteiger partial charge in [0.1, 0.15) is 5.82 Å². The Hall–Kier alpha value is -2.10. The van der Waals surface area contributed by atoms with E-state index in [1.54, 1.807) is 6.20 Å². The minimum absolute atomic E-state index is 0.730. The van der Waals surface area contributed by atoms with Crippen LogP contribution in [0.25, 0.3) is 0 Å². The molecule has 4 heteroatoms. The summed E-state index contributed by atoms with van der Waals surface area (Å²) in [6, 6.07) is 8.10. The number of hydrogen-bond donors (Lipinski definition) is 1. The van der Waals surface area contributed by atoms with E-state index in [1.807, 2.05) is 38.1 Å². The molecule has 0 fully saturated rings. The van der Waals surface area contributed by atoms with E-state index < -0.39 is 0 Å². The summed E-state index contributed by atoms with van der Waals surface area (Å²) in [7, 11) is 0. The Kier molecular flexibility index (Phi) is 4.00. The minimum Gasteiger partial charge on any atom is -0.397 e. The van der Waals surface area contributed by atoms with Crippen LogP contribution >= 0.6 is 0 Å². The van der Waals surface area contributed by atoms with Crippen molar-refractivity contribution in [3.63, 3.8) is 0 Å². The van der Waals surface area contributed by atoms with Crippen molar-refractivity contribution in [1.82, 2.24) is 9.97 Å². The van der Waals surface area contributed by atoms with E-state index in [0.29, 0.717) is 0 Å². The average Bonchev–Trinajstić information content (AvgIpc) is 2.39. The third-order valence-corrected chi connectivity index (χ3v) is 3.14. The van der Waals surface area contributed by atoms with Crippen molar-refractivity contribution in [2.24, 2.45) is 0 Å². The molecule has 0 bridgehead atoms. The van der Waals surface area contributed by atoms with E-state index in [-0.39, 0.29) is 0 Å². The molecular formula is C15H20N4. The Bertz CT molecular complexity index is 566. The van der Waals surface area contributed by atoms with Gasteiger partial charge in [-0.15, -0.1) is 0 Å². The predicted octanol–water partition coefficient (Wildman–Crippen LogP) is 2.70. The van der Waals surface area contributed by atoms with Crippen molar-refractivity contribution >= 4 is 11.5 Å². The van der Waals surface area contributed by atoms with Crippen LogP contribution in [0.3, 0.4) is 0 Å². The molecule has 0 aliphatic heterocycles. The number of aromatic nitrogens is 2. The molecule has 2 N–H and O–H groups in total. The highest BCUT2D eigenvalue weighted by molar-refractivity contribution is 5.52. The first-order valence-corrected chi connectivity index (χ1v) is 6.49. The summed E-state index contributed by atoms with van der Waals surface area (Å²) in [6.45, 7) is 7.76. The SMILES string of the molecule is CCN(Cc1cccc(C)n1)c1cc(C)c(N)cn1. The second-order valence-corrected chi connectivity index (χ2v) is 4.68. The van der Waals surface area contributed by atoms with Crippen molar-refractivity contribution in [2.45, 2.75) is 27.3 Å². The van der Waals surface area contributed by atoms with E-state index in [9.17, 15) is 0 Å². The Morgan fingerprint density at radius 1 is 1.26 bits per heavy atom. The van der Waals surface area contributed by atoms with Gasteiger partial charge in [0.25, 0.3) is 0 Å². The molecule has 0 saturated heterocycles. The number of nitrogen functional groups attached to an aromatic ring is 1. The van der Waals surface area contributed by atoms with Gasteiger partial charge in [0.05, 0.1) is 24.1 Å². The molecular weight excluding hydrogens is 236 g/mol. The van der Waals surface area contributed by atoms with E-state index >= 15 is 0 Å². The second kappa shape index (κ2) is 5.69. The molecule has 2 heterocycles. The maximum Gasteiger partial charge on any atom is 0.129 e. The average molecular weight is 256 g/mol. The first kappa shape index (κ1) is 13.3. The maximum absolute atomic E-state index is 5.81. The number of rotatable bonds is 4. The van der Waals surface area contributed by atoms with Crippen LogP contribution < -0.4 is 10.6 Å². The molecule has 0 unspecified atom stereocenters. The molecule has 2 aromatic rings. The third-order valence-electron chi connectivity index (χ3n) is 3.14. The maximum atomic E-state index is 5.81. The quantitative estimate of drug-likeness (QED) is 0.913. The van der Waals surface area contributed by atoms with Crippen molar-refractivity contribution in [3.05, 3.63) is 47.4 Å². The Morgan fingerprint density at radius 2 is 2.05 bits per heavy atom. The first-order chi connectivity index (χ1) is 9.10. The van der Waals surface area contributed by atoms with Crippen LogP contribution in [-0.2, 0) is 6.54 Å². The third kappa shape index (κ3) is 3.22. The lowest BCUT2D eigenvalue weighted by Crippen LogP contribution is -2.24. The Balaban J connectivity index is 2.22. The number of pyridine rings is 2. The number of nitrogens with zero attached hydrogens (tertiary/aromatic N) is 3. The molecule has 0 aromatic carbocycles. The lowest BCUT2D eigenvalue weighted by atomic mass is 10.2. The van der Waals surface area contributed by atoms with Gasteiger partial charge in [-0.3, -0.25) is 4.98 Å². The molecule has 4 nitrogen and oxygen atoms in total. The van der Waals surface area contributed by atoms with Gasteiger partial charge in [0, 0.05) is 12.2 Å². The zero-order chi connectivity index (χ0) is 13.8. The lowest BCUT2D eigenvalue weighted by Gasteiger charge is -2.22. The van der Waals surface area contributed by atoms with Gasteiger partial charge in [-0.25, -0.2) is 4.98 Å². The summed E-state index contributed by atoms with van der Waals surface area (Å²) >= 11 is 0. The van der Waals surface area contributed by atoms with Gasteiger partial charge in [0.15, 0.2) is 0 Å². The monoisotopic (exact) mass is 256 g/mol. The van der Waals surface area contributed by atoms with Crippen LogP contribution in [0.1, 0.15) is 23.9 Å². The standard InChI is InChI=1S/C15H20N4/c1-4-19(10-13-7-5-6-12(3)18-13)15-8-11(2)14(16)9-17-15/h5-9H,4,10,16H2,1-3H3. The van der Waals surface area contributed by atoms with Gasteiger partial charge in [0.2, 0.25) is 0 Å². The lowest BCUT2D eigenvalue weighted by molar-refractivity contribution is 0.790. The fourth-order valence-electron chi connectivity index (χ4n) is 1.96. The summed E-state index contributed by atoms with van der Waals surface area (Å²) < 4.78 is 0. The van der Waals surface area contributed by atoms with Crippen molar-refractivity contribution < 1.29 is 0 Å². The number of nitrogens with two attached hydrogens (primary N) is 1. The summed E-state index contributed by atoms with van der Waals surface area (Å²) in [5.74, 6) is 0.942. The van der Waals surface area contributed by atoms with Gasteiger partial charge >= 0.3 is 0 Å². The minimum atomic E-state index is 0.730. The van der Waals surface area contributed by atoms with Crippen LogP contribution in [0.2, 0.25) is 0 Å². The van der Waals surface area contributed by atoms with Crippen LogP contribution in [0.15, 0.2) is 30.5 Å². The number of hydrogen-bond acceptors (Lipinski definition) is 4. The van der Waals surface area contributed by atoms with Crippen LogP contribution in [0.5, 0.6) is 0 Å². The van der Waals surface area contributed by atoms with Crippen LogP contribution in [-0.4, -0.2) is 16.5 Å². The zero-order valence-electron chi connectivity index (χ0n) is 11.7. The molecule has 2 aromatic heterocycles. The smallest absolute Gasteiger partial charge is 0.129 e. The highest BCUT2D eigenvalue weighted by atomic mass is 15.2. The van der Waals surface area contributed by atoms with E-state index in [2.05, 4.69) is 21.8 Å². The highest BCUT2D eigenvalue weighted by Crippen LogP contribution is 2.18. The van der Waals surface area contributed by atoms with E-state index in [0.717, 1.165) is 41.5 Å². The van der Waals surface area contributed by atoms with Crippen molar-refractivity contribution in [1.29, 1.82) is 0 Å². The van der Waals surface area contributed by atoms with Gasteiger partial charge in [-0.1, -0.05) is 6.07 Å². The summed E-state index contributed by atoms with van der Waals surface area (Å²) in [4.78, 5) is 11.1. The van der Waals surface area contributed by atoms with Crippen LogP contribution in [0, 0.1) is 13.8 Å². The molecule has 100 valence electrons. The van der Waals surface area contributed by atoms with E-state index in [4.69, 9.17) is 5.73 Å². The molecule has 0 radical (unpaired) electrons. The molecule has 0 spiro atoms. The van der Waals surface area contributed by atoms with E-state index in [1.165, 1.54) is 0 Å². The Morgan fingerprint density at radius 3 is 2.68 bits per heavy atom. The molecule has 0 amide bonds. The summed E-state index contributed by atoms with van der Waals surface area (Å²) in [5.41, 5.74) is 9.69.